The summed E-state index contributed by atoms with van der Waals surface area (Å²) >= 11 is 0. The third kappa shape index (κ3) is 2.53. The maximum absolute atomic E-state index is 14.2. The standard InChI is InChI=1S/C21H26FN5O2/c1-12-3-4-14(22)16(25-12)18(29)27-21-8-6-19(21)5-7-20(19,11-21)26-17(28)15-10-23-9-13(2)24-15/h3-4,9-10,17-18,26-29H,5-8,11H2,1-2H3. The summed E-state index contributed by atoms with van der Waals surface area (Å²) in [4.78, 5) is 12.7. The molecule has 5 atom stereocenters. The van der Waals surface area contributed by atoms with Crippen molar-refractivity contribution in [3.05, 3.63) is 53.1 Å². The minimum absolute atomic E-state index is 0.0421. The Balaban J connectivity index is 1.33. The molecular weight excluding hydrogens is 373 g/mol. The van der Waals surface area contributed by atoms with Crippen LogP contribution in [-0.2, 0) is 0 Å². The number of aliphatic hydroxyl groups excluding tert-OH is 2. The summed E-state index contributed by atoms with van der Waals surface area (Å²) in [6, 6.07) is 2.93. The van der Waals surface area contributed by atoms with E-state index >= 15 is 0 Å². The van der Waals surface area contributed by atoms with Gasteiger partial charge in [0.2, 0.25) is 0 Å². The first-order valence-electron chi connectivity index (χ1n) is 10.1. The minimum atomic E-state index is -1.15. The maximum Gasteiger partial charge on any atom is 0.151 e. The van der Waals surface area contributed by atoms with Gasteiger partial charge in [-0.2, -0.15) is 0 Å². The normalized spacial score (nSPS) is 34.1. The molecule has 3 aliphatic carbocycles. The predicted octanol–water partition coefficient (Wildman–Crippen LogP) is 1.94. The lowest BCUT2D eigenvalue weighted by Gasteiger charge is -2.84. The van der Waals surface area contributed by atoms with Crippen molar-refractivity contribution in [3.8, 4) is 0 Å². The maximum atomic E-state index is 14.2. The van der Waals surface area contributed by atoms with Crippen molar-refractivity contribution >= 4 is 0 Å². The topological polar surface area (TPSA) is 103 Å². The van der Waals surface area contributed by atoms with Crippen LogP contribution in [0.3, 0.4) is 0 Å². The van der Waals surface area contributed by atoms with Gasteiger partial charge in [-0.1, -0.05) is 0 Å². The van der Waals surface area contributed by atoms with Crippen molar-refractivity contribution in [3.63, 3.8) is 0 Å². The van der Waals surface area contributed by atoms with Crippen LogP contribution in [0.5, 0.6) is 0 Å². The summed E-state index contributed by atoms with van der Waals surface area (Å²) < 4.78 is 14.2. The van der Waals surface area contributed by atoms with Crippen molar-refractivity contribution in [2.45, 2.75) is 69.5 Å². The third-order valence-electron chi connectivity index (χ3n) is 7.54. The Hall–Kier alpha value is -2.00. The number of halogens is 1. The summed E-state index contributed by atoms with van der Waals surface area (Å²) in [5.74, 6) is -0.508. The molecule has 0 aromatic carbocycles. The zero-order valence-corrected chi connectivity index (χ0v) is 16.6. The van der Waals surface area contributed by atoms with Crippen LogP contribution in [0, 0.1) is 25.1 Å². The molecule has 154 valence electrons. The smallest absolute Gasteiger partial charge is 0.151 e. The molecule has 0 saturated heterocycles. The van der Waals surface area contributed by atoms with Crippen LogP contribution in [0.25, 0.3) is 0 Å². The number of nitrogens with one attached hydrogen (secondary N) is 2. The number of aromatic nitrogens is 3. The number of aryl methyl sites for hydroxylation is 2. The van der Waals surface area contributed by atoms with Gasteiger partial charge < -0.3 is 10.2 Å². The van der Waals surface area contributed by atoms with E-state index in [2.05, 4.69) is 25.6 Å². The van der Waals surface area contributed by atoms with E-state index in [1.807, 2.05) is 6.92 Å². The van der Waals surface area contributed by atoms with Gasteiger partial charge >= 0.3 is 0 Å². The Bertz CT molecular complexity index is 970. The van der Waals surface area contributed by atoms with Crippen LogP contribution in [-0.4, -0.2) is 36.2 Å². The second kappa shape index (κ2) is 6.25. The highest BCUT2D eigenvalue weighted by Gasteiger charge is 2.82. The molecule has 0 bridgehead atoms. The van der Waals surface area contributed by atoms with E-state index in [4.69, 9.17) is 0 Å². The van der Waals surface area contributed by atoms with Crippen molar-refractivity contribution in [1.29, 1.82) is 0 Å². The molecular formula is C21H26FN5O2. The van der Waals surface area contributed by atoms with E-state index in [-0.39, 0.29) is 22.2 Å². The Morgan fingerprint density at radius 3 is 2.21 bits per heavy atom. The zero-order chi connectivity index (χ0) is 20.4. The number of hydrogen-bond acceptors (Lipinski definition) is 7. The first-order chi connectivity index (χ1) is 13.8. The Labute approximate surface area is 168 Å². The summed E-state index contributed by atoms with van der Waals surface area (Å²) in [6.45, 7) is 3.62. The Morgan fingerprint density at radius 2 is 1.62 bits per heavy atom. The molecule has 7 nitrogen and oxygen atoms in total. The van der Waals surface area contributed by atoms with Crippen LogP contribution < -0.4 is 10.6 Å². The van der Waals surface area contributed by atoms with Gasteiger partial charge in [-0.15, -0.1) is 0 Å². The van der Waals surface area contributed by atoms with Gasteiger partial charge in [-0.05, 0) is 58.1 Å². The van der Waals surface area contributed by atoms with E-state index < -0.39 is 18.3 Å². The van der Waals surface area contributed by atoms with Crippen LogP contribution in [0.15, 0.2) is 24.5 Å². The number of nitrogens with zero attached hydrogens (tertiary/aromatic N) is 3. The number of aliphatic hydroxyl groups is 2. The van der Waals surface area contributed by atoms with Crippen LogP contribution in [0.2, 0.25) is 0 Å². The highest BCUT2D eigenvalue weighted by Crippen LogP contribution is 2.79. The SMILES string of the molecule is Cc1cncc(C(O)NC23CCC24CCC4(NC(O)c2nc(C)ccc2F)C3)n1. The monoisotopic (exact) mass is 399 g/mol. The van der Waals surface area contributed by atoms with Gasteiger partial charge in [-0.3, -0.25) is 25.6 Å². The second-order valence-electron chi connectivity index (χ2n) is 8.92. The average molecular weight is 399 g/mol. The summed E-state index contributed by atoms with van der Waals surface area (Å²) in [7, 11) is 0. The molecule has 1 spiro atoms. The van der Waals surface area contributed by atoms with E-state index in [1.165, 1.54) is 6.07 Å². The first kappa shape index (κ1) is 19.0. The summed E-state index contributed by atoms with van der Waals surface area (Å²) in [6.07, 6.45) is 5.85. The summed E-state index contributed by atoms with van der Waals surface area (Å²) in [5, 5.41) is 28.0. The van der Waals surface area contributed by atoms with Gasteiger partial charge in [0.05, 0.1) is 11.9 Å². The van der Waals surface area contributed by atoms with Crippen LogP contribution in [0.4, 0.5) is 4.39 Å². The van der Waals surface area contributed by atoms with Gasteiger partial charge in [0, 0.05) is 28.4 Å². The highest BCUT2D eigenvalue weighted by atomic mass is 19.1. The molecule has 2 aromatic rings. The lowest BCUT2D eigenvalue weighted by Crippen LogP contribution is -2.92. The molecule has 0 amide bonds. The average Bonchev–Trinajstić information content (AvgIpc) is 2.66. The zero-order valence-electron chi connectivity index (χ0n) is 16.6. The molecule has 2 aromatic heterocycles. The van der Waals surface area contributed by atoms with E-state index in [0.717, 1.165) is 37.8 Å². The van der Waals surface area contributed by atoms with Gasteiger partial charge in [-0.25, -0.2) is 4.39 Å². The van der Waals surface area contributed by atoms with Crippen molar-refractivity contribution < 1.29 is 14.6 Å². The molecule has 8 heteroatoms. The molecule has 0 radical (unpaired) electrons. The third-order valence-corrected chi connectivity index (χ3v) is 7.54. The molecule has 5 rings (SSSR count). The molecule has 3 aliphatic rings. The lowest BCUT2D eigenvalue weighted by molar-refractivity contribution is -0.296. The van der Waals surface area contributed by atoms with Crippen molar-refractivity contribution in [2.24, 2.45) is 5.41 Å². The first-order valence-corrected chi connectivity index (χ1v) is 10.1. The molecule has 3 fully saturated rings. The van der Waals surface area contributed by atoms with Crippen LogP contribution >= 0.6 is 0 Å². The van der Waals surface area contributed by atoms with Crippen molar-refractivity contribution in [1.82, 2.24) is 25.6 Å². The molecule has 2 heterocycles. The van der Waals surface area contributed by atoms with E-state index in [0.29, 0.717) is 11.4 Å². The van der Waals surface area contributed by atoms with Crippen molar-refractivity contribution in [2.75, 3.05) is 0 Å². The number of hydrogen-bond donors (Lipinski definition) is 4. The Kier molecular flexibility index (Phi) is 4.09. The fourth-order valence-electron chi connectivity index (χ4n) is 6.00. The number of pyridine rings is 1. The van der Waals surface area contributed by atoms with Gasteiger partial charge in [0.15, 0.2) is 6.23 Å². The molecule has 3 saturated carbocycles. The second-order valence-corrected chi connectivity index (χ2v) is 8.92. The quantitative estimate of drug-likeness (QED) is 0.551. The fourth-order valence-corrected chi connectivity index (χ4v) is 6.00. The molecule has 0 aliphatic heterocycles. The molecule has 29 heavy (non-hydrogen) atoms. The highest BCUT2D eigenvalue weighted by molar-refractivity contribution is 5.40. The van der Waals surface area contributed by atoms with Gasteiger partial charge in [0.25, 0.3) is 0 Å². The number of rotatable bonds is 6. The summed E-state index contributed by atoms with van der Waals surface area (Å²) in [5.41, 5.74) is 1.49. The largest absolute Gasteiger partial charge is 0.373 e. The van der Waals surface area contributed by atoms with Gasteiger partial charge in [0.1, 0.15) is 23.4 Å². The minimum Gasteiger partial charge on any atom is -0.373 e. The lowest BCUT2D eigenvalue weighted by atomic mass is 9.26. The Morgan fingerprint density at radius 1 is 0.931 bits per heavy atom. The van der Waals surface area contributed by atoms with E-state index in [1.54, 1.807) is 25.4 Å². The molecule has 5 unspecified atom stereocenters. The molecule has 4 N–H and O–H groups in total. The predicted molar refractivity (Wildman–Crippen MR) is 103 cm³/mol. The fraction of sp³-hybridized carbons (Fsp3) is 0.571. The van der Waals surface area contributed by atoms with Crippen LogP contribution in [0.1, 0.15) is 67.3 Å². The van der Waals surface area contributed by atoms with E-state index in [9.17, 15) is 14.6 Å².